The van der Waals surface area contributed by atoms with Crippen LogP contribution in [0, 0.1) is 5.92 Å². The Bertz CT molecular complexity index is 504. The Morgan fingerprint density at radius 1 is 1.42 bits per heavy atom. The van der Waals surface area contributed by atoms with Gasteiger partial charge in [0, 0.05) is 10.7 Å². The molecule has 1 aliphatic carbocycles. The van der Waals surface area contributed by atoms with E-state index in [2.05, 4.69) is 17.5 Å². The summed E-state index contributed by atoms with van der Waals surface area (Å²) in [7, 11) is 0. The lowest BCUT2D eigenvalue weighted by molar-refractivity contribution is 0.0952. The van der Waals surface area contributed by atoms with Crippen LogP contribution in [0.15, 0.2) is 23.3 Å². The molecule has 2 N–H and O–H groups in total. The number of hydrazone groups is 1. The van der Waals surface area contributed by atoms with E-state index in [4.69, 9.17) is 11.6 Å². The average molecular weight is 281 g/mol. The van der Waals surface area contributed by atoms with Crippen molar-refractivity contribution in [3.8, 4) is 5.75 Å². The van der Waals surface area contributed by atoms with Crippen LogP contribution in [0.3, 0.4) is 0 Å². The summed E-state index contributed by atoms with van der Waals surface area (Å²) in [4.78, 5) is 11.9. The molecule has 0 bridgehead atoms. The molecule has 0 saturated heterocycles. The minimum absolute atomic E-state index is 0.0978. The predicted octanol–water partition coefficient (Wildman–Crippen LogP) is 3.34. The van der Waals surface area contributed by atoms with Crippen molar-refractivity contribution in [1.82, 2.24) is 5.43 Å². The summed E-state index contributed by atoms with van der Waals surface area (Å²) >= 11 is 5.80. The molecule has 2 rings (SSSR count). The number of benzene rings is 1. The third-order valence-corrected chi connectivity index (χ3v) is 3.61. The molecule has 0 spiro atoms. The second-order valence-corrected chi connectivity index (χ2v) is 5.40. The first kappa shape index (κ1) is 13.9. The fourth-order valence-electron chi connectivity index (χ4n) is 2.09. The number of hydrogen-bond donors (Lipinski definition) is 2. The van der Waals surface area contributed by atoms with Gasteiger partial charge in [0.05, 0.1) is 5.56 Å². The van der Waals surface area contributed by atoms with Crippen molar-refractivity contribution >= 4 is 23.2 Å². The molecule has 4 nitrogen and oxygen atoms in total. The van der Waals surface area contributed by atoms with Crippen LogP contribution < -0.4 is 5.43 Å². The largest absolute Gasteiger partial charge is 0.507 e. The van der Waals surface area contributed by atoms with Crippen LogP contribution in [0.4, 0.5) is 0 Å². The first-order valence-electron chi connectivity index (χ1n) is 6.40. The molecular formula is C14H17ClN2O2. The molecule has 1 saturated carbocycles. The summed E-state index contributed by atoms with van der Waals surface area (Å²) in [5, 5.41) is 14.1. The zero-order valence-corrected chi connectivity index (χ0v) is 11.6. The highest BCUT2D eigenvalue weighted by Gasteiger charge is 2.15. The van der Waals surface area contributed by atoms with E-state index in [0.29, 0.717) is 5.02 Å². The van der Waals surface area contributed by atoms with Gasteiger partial charge < -0.3 is 5.11 Å². The van der Waals surface area contributed by atoms with Gasteiger partial charge in [0.2, 0.25) is 0 Å². The molecule has 0 aliphatic heterocycles. The Labute approximate surface area is 117 Å². The van der Waals surface area contributed by atoms with E-state index < -0.39 is 5.91 Å². The number of nitrogens with one attached hydrogen (secondary N) is 1. The SMILES string of the molecule is CC1CCC(=NNC(=O)c2cc(Cl)ccc2O)CC1. The average Bonchev–Trinajstić information content (AvgIpc) is 2.40. The molecule has 5 heteroatoms. The summed E-state index contributed by atoms with van der Waals surface area (Å²) in [5.41, 5.74) is 3.63. The highest BCUT2D eigenvalue weighted by atomic mass is 35.5. The molecule has 0 aromatic heterocycles. The summed E-state index contributed by atoms with van der Waals surface area (Å²) < 4.78 is 0. The zero-order valence-electron chi connectivity index (χ0n) is 10.8. The number of rotatable bonds is 2. The molecule has 1 fully saturated rings. The van der Waals surface area contributed by atoms with Crippen molar-refractivity contribution in [1.29, 1.82) is 0 Å². The Morgan fingerprint density at radius 3 is 2.79 bits per heavy atom. The van der Waals surface area contributed by atoms with E-state index in [-0.39, 0.29) is 11.3 Å². The van der Waals surface area contributed by atoms with Crippen molar-refractivity contribution in [3.05, 3.63) is 28.8 Å². The molecule has 0 unspecified atom stereocenters. The summed E-state index contributed by atoms with van der Waals surface area (Å²) in [5.74, 6) is 0.192. The van der Waals surface area contributed by atoms with E-state index >= 15 is 0 Å². The van der Waals surface area contributed by atoms with Crippen LogP contribution in [0.25, 0.3) is 0 Å². The fourth-order valence-corrected chi connectivity index (χ4v) is 2.26. The second-order valence-electron chi connectivity index (χ2n) is 4.96. The van der Waals surface area contributed by atoms with Crippen LogP contribution in [-0.4, -0.2) is 16.7 Å². The minimum atomic E-state index is -0.439. The molecular weight excluding hydrogens is 264 g/mol. The maximum Gasteiger partial charge on any atom is 0.275 e. The number of carbonyl (C=O) groups is 1. The molecule has 1 amide bonds. The van der Waals surface area contributed by atoms with Gasteiger partial charge in [-0.3, -0.25) is 4.79 Å². The van der Waals surface area contributed by atoms with Gasteiger partial charge in [-0.25, -0.2) is 5.43 Å². The zero-order chi connectivity index (χ0) is 13.8. The highest BCUT2D eigenvalue weighted by Crippen LogP contribution is 2.22. The topological polar surface area (TPSA) is 61.7 Å². The van der Waals surface area contributed by atoms with E-state index in [1.54, 1.807) is 0 Å². The summed E-state index contributed by atoms with van der Waals surface area (Å²) in [6.45, 7) is 2.22. The van der Waals surface area contributed by atoms with Gasteiger partial charge in [0.25, 0.3) is 5.91 Å². The Balaban J connectivity index is 2.01. The summed E-state index contributed by atoms with van der Waals surface area (Å²) in [6, 6.07) is 4.35. The number of amides is 1. The lowest BCUT2D eigenvalue weighted by Crippen LogP contribution is -2.21. The Morgan fingerprint density at radius 2 is 2.11 bits per heavy atom. The normalized spacial score (nSPS) is 19.1. The number of halogens is 1. The van der Waals surface area contributed by atoms with Crippen molar-refractivity contribution in [2.45, 2.75) is 32.6 Å². The van der Waals surface area contributed by atoms with E-state index in [0.717, 1.165) is 37.3 Å². The third kappa shape index (κ3) is 3.70. The monoisotopic (exact) mass is 280 g/mol. The van der Waals surface area contributed by atoms with Gasteiger partial charge in [-0.05, 0) is 49.8 Å². The van der Waals surface area contributed by atoms with Gasteiger partial charge in [0.15, 0.2) is 0 Å². The van der Waals surface area contributed by atoms with Gasteiger partial charge in [-0.2, -0.15) is 5.10 Å². The van der Waals surface area contributed by atoms with Gasteiger partial charge in [-0.1, -0.05) is 18.5 Å². The molecule has 1 aliphatic rings. The van der Waals surface area contributed by atoms with Crippen LogP contribution >= 0.6 is 11.6 Å². The maximum absolute atomic E-state index is 11.9. The number of carbonyl (C=O) groups excluding carboxylic acids is 1. The standard InChI is InChI=1S/C14H17ClN2O2/c1-9-2-5-11(6-3-9)16-17-14(19)12-8-10(15)4-7-13(12)18/h4,7-9,18H,2-3,5-6H2,1H3,(H,17,19). The van der Waals surface area contributed by atoms with Crippen LogP contribution in [-0.2, 0) is 0 Å². The second kappa shape index (κ2) is 6.06. The molecule has 0 atom stereocenters. The summed E-state index contributed by atoms with van der Waals surface area (Å²) in [6.07, 6.45) is 4.06. The smallest absolute Gasteiger partial charge is 0.275 e. The van der Waals surface area contributed by atoms with Crippen molar-refractivity contribution in [3.63, 3.8) is 0 Å². The minimum Gasteiger partial charge on any atom is -0.507 e. The quantitative estimate of drug-likeness (QED) is 0.816. The first-order chi connectivity index (χ1) is 9.06. The fraction of sp³-hybridized carbons (Fsp3) is 0.429. The van der Waals surface area contributed by atoms with Gasteiger partial charge in [0.1, 0.15) is 5.75 Å². The molecule has 0 heterocycles. The maximum atomic E-state index is 11.9. The van der Waals surface area contributed by atoms with Crippen molar-refractivity contribution in [2.75, 3.05) is 0 Å². The van der Waals surface area contributed by atoms with E-state index in [1.807, 2.05) is 0 Å². The highest BCUT2D eigenvalue weighted by molar-refractivity contribution is 6.31. The number of phenols is 1. The van der Waals surface area contributed by atoms with Gasteiger partial charge >= 0.3 is 0 Å². The molecule has 19 heavy (non-hydrogen) atoms. The lowest BCUT2D eigenvalue weighted by Gasteiger charge is -2.18. The molecule has 0 radical (unpaired) electrons. The molecule has 1 aromatic rings. The lowest BCUT2D eigenvalue weighted by atomic mass is 9.90. The number of hydrogen-bond acceptors (Lipinski definition) is 3. The van der Waals surface area contributed by atoms with Crippen LogP contribution in [0.1, 0.15) is 43.0 Å². The van der Waals surface area contributed by atoms with Crippen molar-refractivity contribution < 1.29 is 9.90 Å². The van der Waals surface area contributed by atoms with Crippen molar-refractivity contribution in [2.24, 2.45) is 11.0 Å². The Hall–Kier alpha value is -1.55. The first-order valence-corrected chi connectivity index (χ1v) is 6.78. The molecule has 102 valence electrons. The predicted molar refractivity (Wildman–Crippen MR) is 75.7 cm³/mol. The third-order valence-electron chi connectivity index (χ3n) is 3.37. The van der Waals surface area contributed by atoms with E-state index in [1.165, 1.54) is 18.2 Å². The van der Waals surface area contributed by atoms with Gasteiger partial charge in [-0.15, -0.1) is 0 Å². The number of nitrogens with zero attached hydrogens (tertiary/aromatic N) is 1. The van der Waals surface area contributed by atoms with Crippen LogP contribution in [0.2, 0.25) is 5.02 Å². The van der Waals surface area contributed by atoms with Crippen LogP contribution in [0.5, 0.6) is 5.75 Å². The Kier molecular flexibility index (Phi) is 4.43. The number of aromatic hydroxyl groups is 1. The number of phenolic OH excluding ortho intramolecular Hbond substituents is 1. The molecule has 1 aromatic carbocycles. The van der Waals surface area contributed by atoms with E-state index in [9.17, 15) is 9.90 Å².